The molecule has 0 spiro atoms. The molecule has 0 heterocycles. The number of carbonyl (C=O) groups excluding carboxylic acids is 1. The molecule has 0 fully saturated rings. The molecular formula is C34H37NO3. The molecular weight excluding hydrogens is 470 g/mol. The Labute approximate surface area is 226 Å². The number of hydrogen-bond acceptors (Lipinski definition) is 4. The minimum atomic E-state index is -0.189. The van der Waals surface area contributed by atoms with Gasteiger partial charge in [0.05, 0.1) is 20.1 Å². The zero-order valence-corrected chi connectivity index (χ0v) is 22.5. The highest BCUT2D eigenvalue weighted by molar-refractivity contribution is 5.70. The van der Waals surface area contributed by atoms with Crippen LogP contribution in [0.15, 0.2) is 109 Å². The van der Waals surface area contributed by atoms with Gasteiger partial charge in [-0.05, 0) is 47.7 Å². The molecule has 38 heavy (non-hydrogen) atoms. The fourth-order valence-corrected chi connectivity index (χ4v) is 5.02. The molecule has 0 amide bonds. The lowest BCUT2D eigenvalue weighted by Gasteiger charge is -2.37. The van der Waals surface area contributed by atoms with Crippen molar-refractivity contribution in [1.29, 1.82) is 0 Å². The van der Waals surface area contributed by atoms with Gasteiger partial charge in [-0.3, -0.25) is 9.69 Å². The van der Waals surface area contributed by atoms with Crippen LogP contribution in [0.3, 0.4) is 0 Å². The summed E-state index contributed by atoms with van der Waals surface area (Å²) in [5.74, 6) is 0.690. The monoisotopic (exact) mass is 507 g/mol. The quantitative estimate of drug-likeness (QED) is 0.186. The Kier molecular flexibility index (Phi) is 9.71. The highest BCUT2D eigenvalue weighted by Crippen LogP contribution is 2.35. The maximum absolute atomic E-state index is 12.9. The molecule has 0 saturated carbocycles. The molecule has 0 bridgehead atoms. The Balaban J connectivity index is 1.74. The number of para-hydroxylation sites is 1. The number of rotatable bonds is 12. The topological polar surface area (TPSA) is 38.8 Å². The Morgan fingerprint density at radius 3 is 2.13 bits per heavy atom. The Bertz CT molecular complexity index is 1290. The predicted octanol–water partition coefficient (Wildman–Crippen LogP) is 7.54. The summed E-state index contributed by atoms with van der Waals surface area (Å²) < 4.78 is 11.0. The van der Waals surface area contributed by atoms with Crippen LogP contribution in [-0.2, 0) is 22.5 Å². The van der Waals surface area contributed by atoms with Crippen molar-refractivity contribution in [2.24, 2.45) is 0 Å². The van der Waals surface area contributed by atoms with E-state index in [-0.39, 0.29) is 24.5 Å². The van der Waals surface area contributed by atoms with Gasteiger partial charge >= 0.3 is 5.97 Å². The molecule has 4 aromatic carbocycles. The second kappa shape index (κ2) is 13.6. The van der Waals surface area contributed by atoms with E-state index in [0.717, 1.165) is 23.3 Å². The summed E-state index contributed by atoms with van der Waals surface area (Å²) in [7, 11) is 1.71. The number of esters is 1. The van der Waals surface area contributed by atoms with Crippen LogP contribution in [0.4, 0.5) is 0 Å². The highest BCUT2D eigenvalue weighted by Gasteiger charge is 2.29. The molecule has 0 aliphatic carbocycles. The van der Waals surface area contributed by atoms with Gasteiger partial charge in [-0.2, -0.15) is 0 Å². The average molecular weight is 508 g/mol. The van der Waals surface area contributed by atoms with E-state index in [1.165, 1.54) is 16.7 Å². The Morgan fingerprint density at radius 1 is 0.789 bits per heavy atom. The van der Waals surface area contributed by atoms with E-state index in [1.54, 1.807) is 7.11 Å². The van der Waals surface area contributed by atoms with Crippen LogP contribution < -0.4 is 4.74 Å². The molecule has 0 N–H and O–H groups in total. The number of nitrogens with zero attached hydrogens (tertiary/aromatic N) is 1. The summed E-state index contributed by atoms with van der Waals surface area (Å²) >= 11 is 0. The fourth-order valence-electron chi connectivity index (χ4n) is 5.02. The van der Waals surface area contributed by atoms with E-state index in [9.17, 15) is 4.79 Å². The van der Waals surface area contributed by atoms with Crippen LogP contribution in [-0.4, -0.2) is 24.6 Å². The summed E-state index contributed by atoms with van der Waals surface area (Å²) in [5, 5.41) is 0. The lowest BCUT2D eigenvalue weighted by Crippen LogP contribution is -2.33. The van der Waals surface area contributed by atoms with Crippen molar-refractivity contribution in [3.8, 4) is 5.75 Å². The minimum absolute atomic E-state index is 0.0775. The summed E-state index contributed by atoms with van der Waals surface area (Å²) in [6, 6.07) is 37.5. The Morgan fingerprint density at radius 2 is 1.42 bits per heavy atom. The lowest BCUT2D eigenvalue weighted by atomic mass is 9.94. The first-order valence-electron chi connectivity index (χ1n) is 13.3. The van der Waals surface area contributed by atoms with Crippen LogP contribution >= 0.6 is 0 Å². The Hall–Kier alpha value is -3.89. The normalized spacial score (nSPS) is 12.6. The van der Waals surface area contributed by atoms with Gasteiger partial charge in [-0.25, -0.2) is 0 Å². The number of benzene rings is 4. The molecule has 4 nitrogen and oxygen atoms in total. The zero-order valence-electron chi connectivity index (χ0n) is 22.5. The van der Waals surface area contributed by atoms with Crippen LogP contribution in [0, 0.1) is 0 Å². The van der Waals surface area contributed by atoms with Gasteiger partial charge in [0.15, 0.2) is 0 Å². The largest absolute Gasteiger partial charge is 0.496 e. The molecule has 0 radical (unpaired) electrons. The van der Waals surface area contributed by atoms with Crippen molar-refractivity contribution in [2.45, 2.75) is 45.3 Å². The van der Waals surface area contributed by atoms with Gasteiger partial charge in [-0.1, -0.05) is 103 Å². The third-order valence-corrected chi connectivity index (χ3v) is 6.98. The average Bonchev–Trinajstić information content (AvgIpc) is 2.96. The van der Waals surface area contributed by atoms with E-state index in [1.807, 2.05) is 37.3 Å². The smallest absolute Gasteiger partial charge is 0.307 e. The van der Waals surface area contributed by atoms with E-state index >= 15 is 0 Å². The fraction of sp³-hybridized carbons (Fsp3) is 0.265. The second-order valence-corrected chi connectivity index (χ2v) is 9.50. The van der Waals surface area contributed by atoms with E-state index in [2.05, 4.69) is 90.7 Å². The van der Waals surface area contributed by atoms with E-state index in [0.29, 0.717) is 13.2 Å². The summed E-state index contributed by atoms with van der Waals surface area (Å²) in [6.07, 6.45) is 1.02. The van der Waals surface area contributed by atoms with Crippen LogP contribution in [0.1, 0.15) is 60.2 Å². The zero-order chi connectivity index (χ0) is 26.7. The molecule has 4 rings (SSSR count). The standard InChI is InChI=1S/C34H37NO3/c1-4-38-34(36)24-32(30-20-13-16-28(22-30)23-31-19-11-12-21-33(31)37-3)35(25-27-14-7-5-8-15-27)26(2)29-17-9-6-10-18-29/h5-22,26,32H,4,23-25H2,1-3H3/t26-,32+/m1/s1. The van der Waals surface area contributed by atoms with E-state index < -0.39 is 0 Å². The van der Waals surface area contributed by atoms with Crippen molar-refractivity contribution in [3.63, 3.8) is 0 Å². The first kappa shape index (κ1) is 27.2. The minimum Gasteiger partial charge on any atom is -0.496 e. The molecule has 0 saturated heterocycles. The van der Waals surface area contributed by atoms with Crippen molar-refractivity contribution in [3.05, 3.63) is 137 Å². The summed E-state index contributed by atoms with van der Waals surface area (Å²) in [5.41, 5.74) is 5.82. The van der Waals surface area contributed by atoms with Gasteiger partial charge in [0, 0.05) is 25.0 Å². The molecule has 0 aliphatic heterocycles. The van der Waals surface area contributed by atoms with Gasteiger partial charge in [0.1, 0.15) is 5.75 Å². The third kappa shape index (κ3) is 7.11. The first-order valence-corrected chi connectivity index (χ1v) is 13.3. The summed E-state index contributed by atoms with van der Waals surface area (Å²) in [4.78, 5) is 15.4. The van der Waals surface area contributed by atoms with Gasteiger partial charge in [0.25, 0.3) is 0 Å². The molecule has 196 valence electrons. The van der Waals surface area contributed by atoms with E-state index in [4.69, 9.17) is 9.47 Å². The second-order valence-electron chi connectivity index (χ2n) is 9.50. The lowest BCUT2D eigenvalue weighted by molar-refractivity contribution is -0.145. The molecule has 0 aliphatic rings. The van der Waals surface area contributed by atoms with Gasteiger partial charge < -0.3 is 9.47 Å². The number of methoxy groups -OCH3 is 1. The first-order chi connectivity index (χ1) is 18.6. The number of hydrogen-bond donors (Lipinski definition) is 0. The van der Waals surface area contributed by atoms with Crippen LogP contribution in [0.25, 0.3) is 0 Å². The molecule has 2 atom stereocenters. The van der Waals surface area contributed by atoms with Crippen molar-refractivity contribution in [2.75, 3.05) is 13.7 Å². The van der Waals surface area contributed by atoms with Gasteiger partial charge in [0.2, 0.25) is 0 Å². The maximum atomic E-state index is 12.9. The van der Waals surface area contributed by atoms with Crippen molar-refractivity contribution < 1.29 is 14.3 Å². The van der Waals surface area contributed by atoms with Crippen molar-refractivity contribution >= 4 is 5.97 Å². The molecule has 4 heteroatoms. The predicted molar refractivity (Wildman–Crippen MR) is 153 cm³/mol. The molecule has 4 aromatic rings. The maximum Gasteiger partial charge on any atom is 0.307 e. The highest BCUT2D eigenvalue weighted by atomic mass is 16.5. The number of ether oxygens (including phenoxy) is 2. The molecule has 0 unspecified atom stereocenters. The number of carbonyl (C=O) groups is 1. The third-order valence-electron chi connectivity index (χ3n) is 6.98. The van der Waals surface area contributed by atoms with Crippen LogP contribution in [0.5, 0.6) is 5.75 Å². The van der Waals surface area contributed by atoms with Crippen molar-refractivity contribution in [1.82, 2.24) is 4.90 Å². The molecule has 0 aromatic heterocycles. The summed E-state index contributed by atoms with van der Waals surface area (Å²) in [6.45, 7) is 5.15. The SMILES string of the molecule is CCOC(=O)C[C@@H](c1cccc(Cc2ccccc2OC)c1)N(Cc1ccccc1)[C@H](C)c1ccccc1. The van der Waals surface area contributed by atoms with Gasteiger partial charge in [-0.15, -0.1) is 0 Å². The van der Waals surface area contributed by atoms with Crippen LogP contribution in [0.2, 0.25) is 0 Å².